The first-order valence-corrected chi connectivity index (χ1v) is 6.93. The number of amides is 2. The zero-order chi connectivity index (χ0) is 18.4. The summed E-state index contributed by atoms with van der Waals surface area (Å²) in [5.41, 5.74) is 0.248. The third-order valence-electron chi connectivity index (χ3n) is 3.04. The number of nitrogens with zero attached hydrogens (tertiary/aromatic N) is 1. The van der Waals surface area contributed by atoms with Gasteiger partial charge in [0, 0.05) is 24.0 Å². The largest absolute Gasteiger partial charge is 0.417 e. The Bertz CT molecular complexity index is 746. The van der Waals surface area contributed by atoms with Gasteiger partial charge in [-0.15, -0.1) is 0 Å². The number of aromatic nitrogens is 1. The lowest BCUT2D eigenvalue weighted by molar-refractivity contribution is -0.0529. The Balaban J connectivity index is 2.05. The number of anilines is 1. The van der Waals surface area contributed by atoms with E-state index in [1.807, 2.05) is 0 Å². The molecule has 25 heavy (non-hydrogen) atoms. The summed E-state index contributed by atoms with van der Waals surface area (Å²) in [6, 6.07) is 3.50. The summed E-state index contributed by atoms with van der Waals surface area (Å²) in [5.74, 6) is -2.59. The van der Waals surface area contributed by atoms with Crippen LogP contribution in [0.3, 0.4) is 0 Å². The highest BCUT2D eigenvalue weighted by atomic mass is 19.3. The molecule has 1 atom stereocenters. The molecule has 0 bridgehead atoms. The van der Waals surface area contributed by atoms with Crippen molar-refractivity contribution in [2.24, 2.45) is 0 Å². The van der Waals surface area contributed by atoms with Gasteiger partial charge in [-0.3, -0.25) is 0 Å². The molecule has 0 fully saturated rings. The van der Waals surface area contributed by atoms with Crippen LogP contribution in [0, 0.1) is 11.6 Å². The molecule has 3 N–H and O–H groups in total. The van der Waals surface area contributed by atoms with E-state index in [0.29, 0.717) is 0 Å². The van der Waals surface area contributed by atoms with Crippen molar-refractivity contribution in [3.8, 4) is 5.88 Å². The summed E-state index contributed by atoms with van der Waals surface area (Å²) in [6.07, 6.45) is 1.17. The first-order chi connectivity index (χ1) is 11.9. The maximum absolute atomic E-state index is 13.1. The summed E-state index contributed by atoms with van der Waals surface area (Å²) in [7, 11) is 0. The molecule has 0 aliphatic heterocycles. The summed E-state index contributed by atoms with van der Waals surface area (Å²) in [6.45, 7) is -3.62. The lowest BCUT2D eigenvalue weighted by Crippen LogP contribution is -2.34. The van der Waals surface area contributed by atoms with E-state index in [1.54, 1.807) is 0 Å². The lowest BCUT2D eigenvalue weighted by Gasteiger charge is -2.18. The fourth-order valence-electron chi connectivity index (χ4n) is 1.93. The number of benzene rings is 1. The molecule has 0 radical (unpaired) electrons. The number of nitrogens with one attached hydrogen (secondary N) is 2. The van der Waals surface area contributed by atoms with E-state index < -0.39 is 36.9 Å². The molecule has 134 valence electrons. The molecule has 10 heteroatoms. The van der Waals surface area contributed by atoms with E-state index in [2.05, 4.69) is 20.4 Å². The van der Waals surface area contributed by atoms with Gasteiger partial charge in [-0.25, -0.2) is 18.6 Å². The van der Waals surface area contributed by atoms with Crippen molar-refractivity contribution in [2.45, 2.75) is 12.7 Å². The standard InChI is InChI=1S/C15H13F4N3O3/c16-10-2-1-9(6-11(10)17)21-15(24)22-12(7-23)8-3-4-20-13(5-8)25-14(18)19/h1-6,12,14,23H,7H2,(H2,21,22,24). The van der Waals surface area contributed by atoms with Gasteiger partial charge in [0.1, 0.15) is 0 Å². The maximum Gasteiger partial charge on any atom is 0.388 e. The Morgan fingerprint density at radius 2 is 1.96 bits per heavy atom. The highest BCUT2D eigenvalue weighted by molar-refractivity contribution is 5.89. The quantitative estimate of drug-likeness (QED) is 0.693. The fraction of sp³-hybridized carbons (Fsp3) is 0.200. The minimum atomic E-state index is -3.07. The average molecular weight is 359 g/mol. The van der Waals surface area contributed by atoms with E-state index in [1.165, 1.54) is 12.3 Å². The van der Waals surface area contributed by atoms with Gasteiger partial charge in [0.25, 0.3) is 0 Å². The lowest BCUT2D eigenvalue weighted by atomic mass is 10.1. The molecule has 2 aromatic rings. The predicted molar refractivity (Wildman–Crippen MR) is 79.2 cm³/mol. The van der Waals surface area contributed by atoms with Crippen molar-refractivity contribution < 1.29 is 32.2 Å². The molecule has 1 heterocycles. The molecule has 1 unspecified atom stereocenters. The van der Waals surface area contributed by atoms with E-state index in [9.17, 15) is 27.5 Å². The third-order valence-corrected chi connectivity index (χ3v) is 3.04. The van der Waals surface area contributed by atoms with Crippen LogP contribution in [0.5, 0.6) is 5.88 Å². The molecule has 0 saturated carbocycles. The Morgan fingerprint density at radius 1 is 1.20 bits per heavy atom. The summed E-state index contributed by atoms with van der Waals surface area (Å²) in [4.78, 5) is 15.5. The molecule has 2 rings (SSSR count). The molecular weight excluding hydrogens is 346 g/mol. The number of alkyl halides is 2. The van der Waals surface area contributed by atoms with Crippen molar-refractivity contribution in [2.75, 3.05) is 11.9 Å². The Morgan fingerprint density at radius 3 is 2.60 bits per heavy atom. The molecule has 0 aliphatic rings. The normalized spacial score (nSPS) is 11.9. The average Bonchev–Trinajstić information content (AvgIpc) is 2.55. The number of pyridine rings is 1. The summed E-state index contributed by atoms with van der Waals surface area (Å²) in [5, 5.41) is 14.0. The summed E-state index contributed by atoms with van der Waals surface area (Å²) < 4.78 is 54.5. The number of hydrogen-bond acceptors (Lipinski definition) is 4. The van der Waals surface area contributed by atoms with Gasteiger partial charge >= 0.3 is 12.6 Å². The minimum Gasteiger partial charge on any atom is -0.417 e. The van der Waals surface area contributed by atoms with Crippen LogP contribution in [-0.2, 0) is 0 Å². The van der Waals surface area contributed by atoms with Crippen LogP contribution in [0.25, 0.3) is 0 Å². The topological polar surface area (TPSA) is 83.5 Å². The van der Waals surface area contributed by atoms with Crippen molar-refractivity contribution in [3.63, 3.8) is 0 Å². The Hall–Kier alpha value is -2.88. The smallest absolute Gasteiger partial charge is 0.388 e. The second-order valence-electron chi connectivity index (χ2n) is 4.77. The molecule has 6 nitrogen and oxygen atoms in total. The van der Waals surface area contributed by atoms with E-state index in [0.717, 1.165) is 24.3 Å². The second kappa shape index (κ2) is 8.29. The van der Waals surface area contributed by atoms with Gasteiger partial charge in [-0.05, 0) is 23.8 Å². The third kappa shape index (κ3) is 5.31. The van der Waals surface area contributed by atoms with E-state index in [4.69, 9.17) is 0 Å². The number of aliphatic hydroxyl groups excluding tert-OH is 1. The van der Waals surface area contributed by atoms with Crippen molar-refractivity contribution >= 4 is 11.7 Å². The highest BCUT2D eigenvalue weighted by Crippen LogP contribution is 2.19. The predicted octanol–water partition coefficient (Wildman–Crippen LogP) is 2.82. The van der Waals surface area contributed by atoms with Crippen LogP contribution in [0.1, 0.15) is 11.6 Å². The Kier molecular flexibility index (Phi) is 6.12. The van der Waals surface area contributed by atoms with Crippen LogP contribution in [-0.4, -0.2) is 29.3 Å². The number of aliphatic hydroxyl groups is 1. The fourth-order valence-corrected chi connectivity index (χ4v) is 1.93. The number of carbonyl (C=O) groups is 1. The van der Waals surface area contributed by atoms with Gasteiger partial charge in [0.2, 0.25) is 5.88 Å². The van der Waals surface area contributed by atoms with Crippen molar-refractivity contribution in [3.05, 3.63) is 53.7 Å². The number of ether oxygens (including phenoxy) is 1. The first kappa shape index (κ1) is 18.5. The van der Waals surface area contributed by atoms with E-state index in [-0.39, 0.29) is 17.1 Å². The number of carbonyl (C=O) groups excluding carboxylic acids is 1. The SMILES string of the molecule is O=C(Nc1ccc(F)c(F)c1)NC(CO)c1ccnc(OC(F)F)c1. The van der Waals surface area contributed by atoms with Crippen LogP contribution < -0.4 is 15.4 Å². The number of hydrogen-bond donors (Lipinski definition) is 3. The van der Waals surface area contributed by atoms with Crippen LogP contribution >= 0.6 is 0 Å². The number of halogens is 4. The molecule has 1 aromatic carbocycles. The monoisotopic (exact) mass is 359 g/mol. The first-order valence-electron chi connectivity index (χ1n) is 6.93. The molecule has 2 amide bonds. The van der Waals surface area contributed by atoms with Gasteiger partial charge in [0.15, 0.2) is 11.6 Å². The van der Waals surface area contributed by atoms with Gasteiger partial charge < -0.3 is 20.5 Å². The molecule has 0 aliphatic carbocycles. The molecular formula is C15H13F4N3O3. The number of urea groups is 1. The summed E-state index contributed by atoms with van der Waals surface area (Å²) >= 11 is 0. The zero-order valence-corrected chi connectivity index (χ0v) is 12.5. The zero-order valence-electron chi connectivity index (χ0n) is 12.5. The van der Waals surface area contributed by atoms with Crippen LogP contribution in [0.15, 0.2) is 36.5 Å². The Labute approximate surface area is 139 Å². The van der Waals surface area contributed by atoms with Crippen molar-refractivity contribution in [1.29, 1.82) is 0 Å². The van der Waals surface area contributed by atoms with Crippen molar-refractivity contribution in [1.82, 2.24) is 10.3 Å². The highest BCUT2D eigenvalue weighted by Gasteiger charge is 2.16. The van der Waals surface area contributed by atoms with Gasteiger partial charge in [-0.2, -0.15) is 8.78 Å². The van der Waals surface area contributed by atoms with Crippen LogP contribution in [0.4, 0.5) is 28.0 Å². The number of rotatable bonds is 6. The van der Waals surface area contributed by atoms with Gasteiger partial charge in [-0.1, -0.05) is 0 Å². The molecule has 0 spiro atoms. The maximum atomic E-state index is 13.1. The molecule has 0 saturated heterocycles. The van der Waals surface area contributed by atoms with Crippen LogP contribution in [0.2, 0.25) is 0 Å². The second-order valence-corrected chi connectivity index (χ2v) is 4.77. The van der Waals surface area contributed by atoms with Gasteiger partial charge in [0.05, 0.1) is 12.6 Å². The van der Waals surface area contributed by atoms with E-state index >= 15 is 0 Å². The minimum absolute atomic E-state index is 0.00968. The molecule has 1 aromatic heterocycles.